The van der Waals surface area contributed by atoms with Crippen LogP contribution in [0.4, 0.5) is 0 Å². The van der Waals surface area contributed by atoms with E-state index in [0.29, 0.717) is 0 Å². The summed E-state index contributed by atoms with van der Waals surface area (Å²) in [4.78, 5) is 0. The van der Waals surface area contributed by atoms with E-state index in [-0.39, 0.29) is 0 Å². The molecule has 0 nitrogen and oxygen atoms in total. The van der Waals surface area contributed by atoms with Gasteiger partial charge in [-0.25, -0.2) is 0 Å². The lowest BCUT2D eigenvalue weighted by atomic mass is 9.91. The predicted octanol–water partition coefficient (Wildman–Crippen LogP) is 7.26. The van der Waals surface area contributed by atoms with Crippen molar-refractivity contribution >= 4 is 74.9 Å². The fourth-order valence-electron chi connectivity index (χ4n) is 3.58. The quantitative estimate of drug-likeness (QED) is 0.186. The van der Waals surface area contributed by atoms with Crippen LogP contribution in [0.1, 0.15) is 0 Å². The van der Waals surface area contributed by atoms with Crippen LogP contribution >= 0.6 is 31.9 Å². The monoisotopic (exact) mass is 408 g/mol. The Hall–Kier alpha value is -1.64. The first-order valence-electron chi connectivity index (χ1n) is 7.18. The van der Waals surface area contributed by atoms with E-state index in [4.69, 9.17) is 0 Å². The van der Waals surface area contributed by atoms with Crippen LogP contribution in [0.2, 0.25) is 0 Å². The van der Waals surface area contributed by atoms with Gasteiger partial charge in [-0.1, -0.05) is 74.3 Å². The van der Waals surface area contributed by atoms with Gasteiger partial charge in [0.25, 0.3) is 0 Å². The summed E-state index contributed by atoms with van der Waals surface area (Å²) in [6.45, 7) is 0. The van der Waals surface area contributed by atoms with Gasteiger partial charge in [-0.2, -0.15) is 0 Å². The fraction of sp³-hybridized carbons (Fsp3) is 0. The van der Waals surface area contributed by atoms with Gasteiger partial charge in [-0.15, -0.1) is 0 Å². The molecule has 5 rings (SSSR count). The summed E-state index contributed by atoms with van der Waals surface area (Å²) in [6.07, 6.45) is 0. The van der Waals surface area contributed by atoms with Crippen LogP contribution in [-0.2, 0) is 0 Å². The Morgan fingerprint density at radius 2 is 1.27 bits per heavy atom. The summed E-state index contributed by atoms with van der Waals surface area (Å²) in [5, 5.41) is 10.5. The molecular formula is C20H10Br2. The number of halogens is 2. The minimum atomic E-state index is 1.15. The first kappa shape index (κ1) is 12.9. The van der Waals surface area contributed by atoms with Gasteiger partial charge in [0.05, 0.1) is 0 Å². The molecule has 5 aromatic carbocycles. The van der Waals surface area contributed by atoms with Gasteiger partial charge in [-0.05, 0) is 61.3 Å². The summed E-state index contributed by atoms with van der Waals surface area (Å²) in [5.74, 6) is 0. The van der Waals surface area contributed by atoms with Gasteiger partial charge < -0.3 is 0 Å². The molecule has 5 aromatic rings. The molecule has 0 aliphatic rings. The zero-order chi connectivity index (χ0) is 14.8. The van der Waals surface area contributed by atoms with Crippen LogP contribution in [0.3, 0.4) is 0 Å². The molecule has 104 valence electrons. The van der Waals surface area contributed by atoms with Gasteiger partial charge in [0.1, 0.15) is 0 Å². The van der Waals surface area contributed by atoms with Crippen LogP contribution < -0.4 is 0 Å². The van der Waals surface area contributed by atoms with Gasteiger partial charge >= 0.3 is 0 Å². The largest absolute Gasteiger partial charge is 0.0610 e. The molecule has 0 bridgehead atoms. The molecule has 0 aliphatic carbocycles. The van der Waals surface area contributed by atoms with E-state index in [0.717, 1.165) is 8.95 Å². The molecule has 0 aliphatic heterocycles. The van der Waals surface area contributed by atoms with Crippen molar-refractivity contribution < 1.29 is 0 Å². The first-order valence-corrected chi connectivity index (χ1v) is 8.77. The van der Waals surface area contributed by atoms with E-state index >= 15 is 0 Å². The van der Waals surface area contributed by atoms with Crippen molar-refractivity contribution in [3.63, 3.8) is 0 Å². The smallest absolute Gasteiger partial charge is 0.0260 e. The van der Waals surface area contributed by atoms with Crippen molar-refractivity contribution in [1.82, 2.24) is 0 Å². The highest BCUT2D eigenvalue weighted by Crippen LogP contribution is 2.42. The third-order valence-electron chi connectivity index (χ3n) is 4.52. The topological polar surface area (TPSA) is 0 Å². The van der Waals surface area contributed by atoms with Crippen molar-refractivity contribution in [2.75, 3.05) is 0 Å². The first-order chi connectivity index (χ1) is 10.7. The Balaban J connectivity index is 2.22. The molecule has 0 saturated heterocycles. The molecular weight excluding hydrogens is 400 g/mol. The average molecular weight is 410 g/mol. The Labute approximate surface area is 144 Å². The highest BCUT2D eigenvalue weighted by atomic mass is 79.9. The molecule has 0 amide bonds. The van der Waals surface area contributed by atoms with Crippen molar-refractivity contribution in [2.24, 2.45) is 0 Å². The lowest BCUT2D eigenvalue weighted by Crippen LogP contribution is -1.87. The molecule has 22 heavy (non-hydrogen) atoms. The number of fused-ring (bicyclic) bond motifs is 2. The van der Waals surface area contributed by atoms with Gasteiger partial charge in [0, 0.05) is 8.95 Å². The lowest BCUT2D eigenvalue weighted by Gasteiger charge is -2.14. The molecule has 2 heteroatoms. The maximum absolute atomic E-state index is 3.75. The van der Waals surface area contributed by atoms with E-state index in [9.17, 15) is 0 Å². The summed E-state index contributed by atoms with van der Waals surface area (Å²) >= 11 is 7.44. The second-order valence-electron chi connectivity index (χ2n) is 5.68. The Morgan fingerprint density at radius 3 is 2.18 bits per heavy atom. The number of benzene rings is 5. The van der Waals surface area contributed by atoms with Crippen molar-refractivity contribution in [2.45, 2.75) is 0 Å². The van der Waals surface area contributed by atoms with E-state index in [1.807, 2.05) is 0 Å². The fourth-order valence-corrected chi connectivity index (χ4v) is 4.63. The highest BCUT2D eigenvalue weighted by molar-refractivity contribution is 9.11. The molecule has 0 N–H and O–H groups in total. The summed E-state index contributed by atoms with van der Waals surface area (Å²) in [5.41, 5.74) is 0. The maximum atomic E-state index is 3.75. The molecule has 0 saturated carbocycles. The average Bonchev–Trinajstić information content (AvgIpc) is 2.54. The number of rotatable bonds is 0. The minimum absolute atomic E-state index is 1.15. The lowest BCUT2D eigenvalue weighted by molar-refractivity contribution is 1.73. The second kappa shape index (κ2) is 4.43. The van der Waals surface area contributed by atoms with Crippen molar-refractivity contribution in [3.8, 4) is 0 Å². The Bertz CT molecular complexity index is 1190. The van der Waals surface area contributed by atoms with E-state index < -0.39 is 0 Å². The maximum Gasteiger partial charge on any atom is 0.0260 e. The zero-order valence-electron chi connectivity index (χ0n) is 11.5. The third kappa shape index (κ3) is 1.57. The summed E-state index contributed by atoms with van der Waals surface area (Å²) < 4.78 is 2.30. The second-order valence-corrected chi connectivity index (χ2v) is 7.39. The van der Waals surface area contributed by atoms with Crippen molar-refractivity contribution in [3.05, 3.63) is 69.6 Å². The highest BCUT2D eigenvalue weighted by Gasteiger charge is 2.13. The Kier molecular flexibility index (Phi) is 2.59. The van der Waals surface area contributed by atoms with E-state index in [2.05, 4.69) is 92.5 Å². The number of hydrogen-bond donors (Lipinski definition) is 0. The molecule has 0 spiro atoms. The van der Waals surface area contributed by atoms with Crippen LogP contribution in [0.15, 0.2) is 69.6 Å². The Morgan fingerprint density at radius 1 is 0.500 bits per heavy atom. The molecule has 0 aromatic heterocycles. The molecule has 0 unspecified atom stereocenters. The third-order valence-corrected chi connectivity index (χ3v) is 5.86. The van der Waals surface area contributed by atoms with Crippen LogP contribution in [-0.4, -0.2) is 0 Å². The van der Waals surface area contributed by atoms with E-state index in [1.165, 1.54) is 43.1 Å². The molecule has 0 heterocycles. The van der Waals surface area contributed by atoms with Gasteiger partial charge in [0.2, 0.25) is 0 Å². The zero-order valence-corrected chi connectivity index (χ0v) is 14.7. The number of hydrogen-bond acceptors (Lipinski definition) is 0. The van der Waals surface area contributed by atoms with Crippen LogP contribution in [0.5, 0.6) is 0 Å². The van der Waals surface area contributed by atoms with Crippen LogP contribution in [0, 0.1) is 0 Å². The normalized spacial score (nSPS) is 12.1. The summed E-state index contributed by atoms with van der Waals surface area (Å²) in [7, 11) is 0. The SMILES string of the molecule is Brc1cccc2c1cc1cc(Br)c3cccc4ccc2c1c43. The minimum Gasteiger partial charge on any atom is -0.0610 e. The van der Waals surface area contributed by atoms with E-state index in [1.54, 1.807) is 0 Å². The van der Waals surface area contributed by atoms with Gasteiger partial charge in [0.15, 0.2) is 0 Å². The molecule has 0 radical (unpaired) electrons. The standard InChI is InChI=1S/C20H10Br2/c21-17-6-2-4-13-14-8-7-11-3-1-5-15-18(22)10-12(9-16(13)17)20(14)19(11)15/h1-10H. The molecule has 0 fully saturated rings. The summed E-state index contributed by atoms with van der Waals surface area (Å²) in [6, 6.07) is 22.0. The predicted molar refractivity (Wildman–Crippen MR) is 103 cm³/mol. The van der Waals surface area contributed by atoms with Crippen molar-refractivity contribution in [1.29, 1.82) is 0 Å². The van der Waals surface area contributed by atoms with Crippen LogP contribution in [0.25, 0.3) is 43.1 Å². The van der Waals surface area contributed by atoms with Gasteiger partial charge in [-0.3, -0.25) is 0 Å². The molecule has 0 atom stereocenters.